The molecule has 0 unspecified atom stereocenters. The maximum atomic E-state index is 5.05. The molecule has 0 amide bonds. The second kappa shape index (κ2) is 9.48. The molecule has 162 valence electrons. The summed E-state index contributed by atoms with van der Waals surface area (Å²) in [6, 6.07) is 21.7. The maximum absolute atomic E-state index is 5.05. The quantitative estimate of drug-likeness (QED) is 0.544. The van der Waals surface area contributed by atoms with Gasteiger partial charge < -0.3 is 10.2 Å². The number of hydrogen-bond acceptors (Lipinski definition) is 5. The molecular weight excluding hydrogens is 382 g/mol. The predicted octanol–water partition coefficient (Wildman–Crippen LogP) is 5.25. The minimum atomic E-state index is 0.0269. The van der Waals surface area contributed by atoms with E-state index in [0.717, 1.165) is 43.6 Å². The van der Waals surface area contributed by atoms with Crippen molar-refractivity contribution in [1.82, 2.24) is 14.9 Å². The van der Waals surface area contributed by atoms with Crippen molar-refractivity contribution in [3.8, 4) is 0 Å². The molecule has 3 aromatic rings. The third-order valence-electron chi connectivity index (χ3n) is 6.12. The summed E-state index contributed by atoms with van der Waals surface area (Å²) in [7, 11) is 0. The van der Waals surface area contributed by atoms with Gasteiger partial charge in [0.1, 0.15) is 5.82 Å². The fourth-order valence-corrected chi connectivity index (χ4v) is 4.18. The van der Waals surface area contributed by atoms with E-state index in [1.54, 1.807) is 0 Å². The van der Waals surface area contributed by atoms with Crippen LogP contribution in [0.4, 0.5) is 11.8 Å². The van der Waals surface area contributed by atoms with Crippen LogP contribution in [0.2, 0.25) is 0 Å². The molecule has 2 aromatic carbocycles. The van der Waals surface area contributed by atoms with Crippen LogP contribution in [0.5, 0.6) is 0 Å². The van der Waals surface area contributed by atoms with Gasteiger partial charge in [0.15, 0.2) is 0 Å². The molecule has 0 bridgehead atoms. The average molecular weight is 416 g/mol. The molecule has 2 heterocycles. The van der Waals surface area contributed by atoms with E-state index < -0.39 is 0 Å². The summed E-state index contributed by atoms with van der Waals surface area (Å²) in [5.74, 6) is 1.77. The maximum Gasteiger partial charge on any atom is 0.227 e. The monoisotopic (exact) mass is 415 g/mol. The second-order valence-corrected chi connectivity index (χ2v) is 8.37. The van der Waals surface area contributed by atoms with E-state index in [4.69, 9.17) is 9.97 Å². The Bertz CT molecular complexity index is 944. The van der Waals surface area contributed by atoms with Crippen molar-refractivity contribution >= 4 is 11.8 Å². The number of anilines is 2. The van der Waals surface area contributed by atoms with Gasteiger partial charge in [0.05, 0.1) is 11.7 Å². The number of fused-ring (bicyclic) bond motifs is 1. The first-order valence-electron chi connectivity index (χ1n) is 11.4. The Morgan fingerprint density at radius 3 is 1.97 bits per heavy atom. The first kappa shape index (κ1) is 21.3. The first-order chi connectivity index (χ1) is 15.1. The Balaban J connectivity index is 1.78. The van der Waals surface area contributed by atoms with Crippen molar-refractivity contribution in [2.75, 3.05) is 23.3 Å². The Kier molecular flexibility index (Phi) is 6.52. The van der Waals surface area contributed by atoms with Gasteiger partial charge in [0.2, 0.25) is 5.95 Å². The molecule has 0 atom stereocenters. The Morgan fingerprint density at radius 2 is 1.45 bits per heavy atom. The van der Waals surface area contributed by atoms with Crippen molar-refractivity contribution < 1.29 is 0 Å². The van der Waals surface area contributed by atoms with Crippen molar-refractivity contribution in [2.45, 2.75) is 52.9 Å². The van der Waals surface area contributed by atoms with E-state index in [1.807, 2.05) is 0 Å². The van der Waals surface area contributed by atoms with Crippen molar-refractivity contribution in [2.24, 2.45) is 0 Å². The van der Waals surface area contributed by atoms with E-state index in [-0.39, 0.29) is 6.04 Å². The lowest BCUT2D eigenvalue weighted by atomic mass is 9.98. The van der Waals surface area contributed by atoms with Gasteiger partial charge >= 0.3 is 0 Å². The summed E-state index contributed by atoms with van der Waals surface area (Å²) < 4.78 is 0. The minimum absolute atomic E-state index is 0.0269. The topological polar surface area (TPSA) is 44.3 Å². The summed E-state index contributed by atoms with van der Waals surface area (Å²) in [4.78, 5) is 14.7. The fraction of sp³-hybridized carbons (Fsp3) is 0.385. The van der Waals surface area contributed by atoms with E-state index in [0.29, 0.717) is 6.04 Å². The molecule has 0 fully saturated rings. The van der Waals surface area contributed by atoms with Crippen LogP contribution in [0.1, 0.15) is 56.1 Å². The van der Waals surface area contributed by atoms with Crippen LogP contribution in [0.3, 0.4) is 0 Å². The molecule has 5 heteroatoms. The highest BCUT2D eigenvalue weighted by Gasteiger charge is 2.29. The number of hydrogen-bond donors (Lipinski definition) is 1. The highest BCUT2D eigenvalue weighted by molar-refractivity contribution is 5.56. The van der Waals surface area contributed by atoms with Crippen LogP contribution in [0.15, 0.2) is 60.7 Å². The van der Waals surface area contributed by atoms with Crippen LogP contribution in [0.25, 0.3) is 0 Å². The first-order valence-corrected chi connectivity index (χ1v) is 11.4. The molecule has 0 spiro atoms. The molecule has 4 rings (SSSR count). The van der Waals surface area contributed by atoms with Gasteiger partial charge in [-0.05, 0) is 38.8 Å². The normalized spacial score (nSPS) is 13.6. The molecular formula is C26H33N5. The molecule has 0 aliphatic carbocycles. The molecule has 5 nitrogen and oxygen atoms in total. The van der Waals surface area contributed by atoms with Crippen molar-refractivity contribution in [3.63, 3.8) is 0 Å². The number of nitrogens with zero attached hydrogens (tertiary/aromatic N) is 4. The van der Waals surface area contributed by atoms with Crippen molar-refractivity contribution in [1.29, 1.82) is 0 Å². The lowest BCUT2D eigenvalue weighted by Crippen LogP contribution is -2.25. The molecule has 31 heavy (non-hydrogen) atoms. The highest BCUT2D eigenvalue weighted by Crippen LogP contribution is 2.34. The van der Waals surface area contributed by atoms with E-state index in [1.165, 1.54) is 16.7 Å². The van der Waals surface area contributed by atoms with Gasteiger partial charge in [-0.25, -0.2) is 4.98 Å². The Morgan fingerprint density at radius 1 is 0.871 bits per heavy atom. The standard InChI is InChI=1S/C26H33N5/c1-5-30(6-2)26-27-23-18-31(19(3)4)17-22(23)25(29-26)28-24(20-13-9-7-10-14-20)21-15-11-8-12-16-21/h7-16,19,24H,5-6,17-18H2,1-4H3,(H,27,28,29). The second-order valence-electron chi connectivity index (χ2n) is 8.37. The Hall–Kier alpha value is -2.92. The van der Waals surface area contributed by atoms with Gasteiger partial charge in [0.25, 0.3) is 0 Å². The van der Waals surface area contributed by atoms with Gasteiger partial charge in [-0.1, -0.05) is 60.7 Å². The van der Waals surface area contributed by atoms with Crippen LogP contribution >= 0.6 is 0 Å². The number of benzene rings is 2. The zero-order chi connectivity index (χ0) is 21.8. The highest BCUT2D eigenvalue weighted by atomic mass is 15.3. The zero-order valence-corrected chi connectivity index (χ0v) is 19.0. The van der Waals surface area contributed by atoms with E-state index >= 15 is 0 Å². The molecule has 0 radical (unpaired) electrons. The van der Waals surface area contributed by atoms with Crippen LogP contribution in [-0.4, -0.2) is 34.0 Å². The van der Waals surface area contributed by atoms with Gasteiger partial charge in [-0.3, -0.25) is 4.90 Å². The third-order valence-corrected chi connectivity index (χ3v) is 6.12. The SMILES string of the molecule is CCN(CC)c1nc2c(c(NC(c3ccccc3)c3ccccc3)n1)CN(C(C)C)C2. The predicted molar refractivity (Wildman–Crippen MR) is 128 cm³/mol. The third kappa shape index (κ3) is 4.57. The average Bonchev–Trinajstić information content (AvgIpc) is 3.24. The van der Waals surface area contributed by atoms with Gasteiger partial charge in [0, 0.05) is 37.8 Å². The minimum Gasteiger partial charge on any atom is -0.359 e. The zero-order valence-electron chi connectivity index (χ0n) is 19.0. The number of aromatic nitrogens is 2. The summed E-state index contributed by atoms with van der Waals surface area (Å²) in [6.07, 6.45) is 0. The number of rotatable bonds is 8. The summed E-state index contributed by atoms with van der Waals surface area (Å²) in [5.41, 5.74) is 4.82. The summed E-state index contributed by atoms with van der Waals surface area (Å²) in [6.45, 7) is 12.3. The molecule has 1 aliphatic heterocycles. The van der Waals surface area contributed by atoms with Crippen LogP contribution < -0.4 is 10.2 Å². The molecule has 0 saturated heterocycles. The van der Waals surface area contributed by atoms with Gasteiger partial charge in [-0.15, -0.1) is 0 Å². The van der Waals surface area contributed by atoms with E-state index in [2.05, 4.69) is 103 Å². The number of nitrogens with one attached hydrogen (secondary N) is 1. The van der Waals surface area contributed by atoms with E-state index in [9.17, 15) is 0 Å². The molecule has 1 N–H and O–H groups in total. The van der Waals surface area contributed by atoms with Crippen LogP contribution in [-0.2, 0) is 13.1 Å². The lowest BCUT2D eigenvalue weighted by Gasteiger charge is -2.24. The molecule has 0 saturated carbocycles. The van der Waals surface area contributed by atoms with Gasteiger partial charge in [-0.2, -0.15) is 4.98 Å². The smallest absolute Gasteiger partial charge is 0.227 e. The molecule has 1 aromatic heterocycles. The molecule has 1 aliphatic rings. The van der Waals surface area contributed by atoms with Crippen LogP contribution in [0, 0.1) is 0 Å². The van der Waals surface area contributed by atoms with Crippen molar-refractivity contribution in [3.05, 3.63) is 83.0 Å². The summed E-state index contributed by atoms with van der Waals surface area (Å²) >= 11 is 0. The summed E-state index contributed by atoms with van der Waals surface area (Å²) in [5, 5.41) is 3.81. The lowest BCUT2D eigenvalue weighted by molar-refractivity contribution is 0.226. The largest absolute Gasteiger partial charge is 0.359 e. The fourth-order valence-electron chi connectivity index (χ4n) is 4.18. The Labute approximate surface area is 186 Å².